The first-order valence-corrected chi connectivity index (χ1v) is 6.89. The Kier molecular flexibility index (Phi) is 3.20. The average Bonchev–Trinajstić information content (AvgIpc) is 3.09. The summed E-state index contributed by atoms with van der Waals surface area (Å²) >= 11 is 1.64. The summed E-state index contributed by atoms with van der Waals surface area (Å²) in [7, 11) is 0. The van der Waals surface area contributed by atoms with Gasteiger partial charge in [-0.25, -0.2) is 0 Å². The first-order valence-electron chi connectivity index (χ1n) is 6.01. The lowest BCUT2D eigenvalue weighted by molar-refractivity contribution is 0.369. The predicted molar refractivity (Wildman–Crippen MR) is 67.0 cm³/mol. The first kappa shape index (κ1) is 10.9. The second-order valence-corrected chi connectivity index (χ2v) is 5.27. The molecule has 0 bridgehead atoms. The summed E-state index contributed by atoms with van der Waals surface area (Å²) in [6.45, 7) is 1.15. The fourth-order valence-corrected chi connectivity index (χ4v) is 2.81. The molecule has 1 aliphatic heterocycles. The van der Waals surface area contributed by atoms with Crippen LogP contribution < -0.4 is 5.32 Å². The van der Waals surface area contributed by atoms with Gasteiger partial charge in [-0.3, -0.25) is 0 Å². The minimum atomic E-state index is 0.632. The van der Waals surface area contributed by atoms with E-state index in [1.165, 1.54) is 12.8 Å². The van der Waals surface area contributed by atoms with Gasteiger partial charge in [0.25, 0.3) is 0 Å². The van der Waals surface area contributed by atoms with Gasteiger partial charge in [-0.05, 0) is 37.3 Å². The summed E-state index contributed by atoms with van der Waals surface area (Å²) in [4.78, 5) is 5.49. The van der Waals surface area contributed by atoms with Gasteiger partial charge >= 0.3 is 0 Å². The van der Waals surface area contributed by atoms with Crippen molar-refractivity contribution in [3.63, 3.8) is 0 Å². The Hall–Kier alpha value is -1.20. The van der Waals surface area contributed by atoms with Crippen LogP contribution in [0.25, 0.3) is 10.7 Å². The van der Waals surface area contributed by atoms with Gasteiger partial charge in [-0.2, -0.15) is 4.98 Å². The van der Waals surface area contributed by atoms with Crippen LogP contribution in [0.2, 0.25) is 0 Å². The van der Waals surface area contributed by atoms with E-state index in [-0.39, 0.29) is 0 Å². The van der Waals surface area contributed by atoms with Crippen LogP contribution in [0.1, 0.15) is 25.2 Å². The van der Waals surface area contributed by atoms with Crippen molar-refractivity contribution >= 4 is 11.3 Å². The Bertz CT molecular complexity index is 460. The molecule has 1 aliphatic rings. The van der Waals surface area contributed by atoms with E-state index in [4.69, 9.17) is 4.52 Å². The summed E-state index contributed by atoms with van der Waals surface area (Å²) in [6, 6.07) is 4.64. The van der Waals surface area contributed by atoms with Gasteiger partial charge in [0.1, 0.15) is 0 Å². The molecule has 1 atom stereocenters. The molecule has 1 N–H and O–H groups in total. The summed E-state index contributed by atoms with van der Waals surface area (Å²) in [5.74, 6) is 1.47. The van der Waals surface area contributed by atoms with Crippen LogP contribution in [-0.2, 0) is 6.42 Å². The number of aromatic nitrogens is 2. The number of aryl methyl sites for hydroxylation is 1. The van der Waals surface area contributed by atoms with E-state index in [1.807, 2.05) is 17.5 Å². The third kappa shape index (κ3) is 2.56. The zero-order valence-electron chi connectivity index (χ0n) is 9.56. The van der Waals surface area contributed by atoms with Gasteiger partial charge in [-0.15, -0.1) is 11.3 Å². The molecule has 4 nitrogen and oxygen atoms in total. The fourth-order valence-electron chi connectivity index (χ4n) is 2.16. The van der Waals surface area contributed by atoms with Crippen molar-refractivity contribution in [2.45, 2.75) is 31.7 Å². The Morgan fingerprint density at radius 3 is 3.29 bits per heavy atom. The molecule has 2 aromatic heterocycles. The van der Waals surface area contributed by atoms with Crippen molar-refractivity contribution < 1.29 is 4.52 Å². The van der Waals surface area contributed by atoms with Crippen LogP contribution in [-0.4, -0.2) is 22.7 Å². The molecule has 17 heavy (non-hydrogen) atoms. The third-order valence-electron chi connectivity index (χ3n) is 3.08. The average molecular weight is 249 g/mol. The molecule has 1 unspecified atom stereocenters. The SMILES string of the molecule is c1csc(-c2noc(CCC3CCCN3)n2)c1. The number of hydrogen-bond acceptors (Lipinski definition) is 5. The Morgan fingerprint density at radius 1 is 1.53 bits per heavy atom. The van der Waals surface area contributed by atoms with Crippen molar-refractivity contribution in [1.29, 1.82) is 0 Å². The van der Waals surface area contributed by atoms with Crippen molar-refractivity contribution in [1.82, 2.24) is 15.5 Å². The zero-order chi connectivity index (χ0) is 11.5. The van der Waals surface area contributed by atoms with Crippen LogP contribution in [0.5, 0.6) is 0 Å². The van der Waals surface area contributed by atoms with E-state index in [0.717, 1.165) is 36.0 Å². The summed E-state index contributed by atoms with van der Waals surface area (Å²) < 4.78 is 5.27. The number of thiophene rings is 1. The fraction of sp³-hybridized carbons (Fsp3) is 0.500. The molecular formula is C12H15N3OS. The van der Waals surface area contributed by atoms with Crippen LogP contribution >= 0.6 is 11.3 Å². The Labute approximate surface area is 104 Å². The van der Waals surface area contributed by atoms with Crippen molar-refractivity contribution in [2.24, 2.45) is 0 Å². The highest BCUT2D eigenvalue weighted by Gasteiger charge is 2.16. The van der Waals surface area contributed by atoms with Gasteiger partial charge in [0.2, 0.25) is 11.7 Å². The lowest BCUT2D eigenvalue weighted by Gasteiger charge is -2.06. The van der Waals surface area contributed by atoms with E-state index in [0.29, 0.717) is 6.04 Å². The van der Waals surface area contributed by atoms with Gasteiger partial charge in [0.15, 0.2) is 0 Å². The van der Waals surface area contributed by atoms with Crippen LogP contribution in [0.3, 0.4) is 0 Å². The van der Waals surface area contributed by atoms with Crippen molar-refractivity contribution in [3.8, 4) is 10.7 Å². The van der Waals surface area contributed by atoms with Crippen molar-refractivity contribution in [2.75, 3.05) is 6.54 Å². The quantitative estimate of drug-likeness (QED) is 0.904. The molecule has 0 spiro atoms. The standard InChI is InChI=1S/C12H15N3OS/c1-3-9(13-7-1)5-6-11-14-12(15-16-11)10-4-2-8-17-10/h2,4,8-9,13H,1,3,5-7H2. The Balaban J connectivity index is 1.60. The second kappa shape index (κ2) is 4.98. The van der Waals surface area contributed by atoms with E-state index in [2.05, 4.69) is 15.5 Å². The molecule has 90 valence electrons. The van der Waals surface area contributed by atoms with E-state index in [1.54, 1.807) is 11.3 Å². The largest absolute Gasteiger partial charge is 0.339 e. The third-order valence-corrected chi connectivity index (χ3v) is 3.94. The van der Waals surface area contributed by atoms with E-state index in [9.17, 15) is 0 Å². The second-order valence-electron chi connectivity index (χ2n) is 4.32. The molecule has 3 rings (SSSR count). The molecule has 0 aliphatic carbocycles. The minimum absolute atomic E-state index is 0.632. The molecule has 0 radical (unpaired) electrons. The molecule has 1 fully saturated rings. The van der Waals surface area contributed by atoms with Gasteiger partial charge in [0.05, 0.1) is 4.88 Å². The van der Waals surface area contributed by atoms with Gasteiger partial charge < -0.3 is 9.84 Å². The van der Waals surface area contributed by atoms with E-state index >= 15 is 0 Å². The molecule has 0 saturated carbocycles. The lowest BCUT2D eigenvalue weighted by Crippen LogP contribution is -2.21. The topological polar surface area (TPSA) is 51.0 Å². The number of rotatable bonds is 4. The van der Waals surface area contributed by atoms with Gasteiger partial charge in [-0.1, -0.05) is 11.2 Å². The highest BCUT2D eigenvalue weighted by Crippen LogP contribution is 2.22. The number of nitrogens with zero attached hydrogens (tertiary/aromatic N) is 2. The number of hydrogen-bond donors (Lipinski definition) is 1. The van der Waals surface area contributed by atoms with Crippen molar-refractivity contribution in [3.05, 3.63) is 23.4 Å². The molecule has 2 aromatic rings. The maximum absolute atomic E-state index is 5.27. The Morgan fingerprint density at radius 2 is 2.53 bits per heavy atom. The number of nitrogens with one attached hydrogen (secondary N) is 1. The summed E-state index contributed by atoms with van der Waals surface area (Å²) in [5, 5.41) is 9.50. The highest BCUT2D eigenvalue weighted by molar-refractivity contribution is 7.13. The van der Waals surface area contributed by atoms with Gasteiger partial charge in [0, 0.05) is 12.5 Å². The lowest BCUT2D eigenvalue weighted by atomic mass is 10.1. The summed E-state index contributed by atoms with van der Waals surface area (Å²) in [6.07, 6.45) is 4.52. The summed E-state index contributed by atoms with van der Waals surface area (Å²) in [5.41, 5.74) is 0. The van der Waals surface area contributed by atoms with E-state index < -0.39 is 0 Å². The van der Waals surface area contributed by atoms with Crippen LogP contribution in [0, 0.1) is 0 Å². The predicted octanol–water partition coefficient (Wildman–Crippen LogP) is 2.48. The molecule has 1 saturated heterocycles. The van der Waals surface area contributed by atoms with Crippen LogP contribution in [0.15, 0.2) is 22.0 Å². The molecule has 0 aromatic carbocycles. The highest BCUT2D eigenvalue weighted by atomic mass is 32.1. The smallest absolute Gasteiger partial charge is 0.227 e. The molecular weight excluding hydrogens is 234 g/mol. The van der Waals surface area contributed by atoms with Crippen LogP contribution in [0.4, 0.5) is 0 Å². The molecule has 5 heteroatoms. The monoisotopic (exact) mass is 249 g/mol. The zero-order valence-corrected chi connectivity index (χ0v) is 10.4. The maximum atomic E-state index is 5.27. The minimum Gasteiger partial charge on any atom is -0.339 e. The molecule has 0 amide bonds. The first-order chi connectivity index (χ1) is 8.42. The molecule has 3 heterocycles. The normalized spacial score (nSPS) is 19.9. The maximum Gasteiger partial charge on any atom is 0.227 e.